The summed E-state index contributed by atoms with van der Waals surface area (Å²) in [5.74, 6) is 0.113. The van der Waals surface area contributed by atoms with Crippen molar-refractivity contribution in [3.05, 3.63) is 60.8 Å². The quantitative estimate of drug-likeness (QED) is 0.223. The molecule has 5 aromatic rings. The minimum Gasteiger partial charge on any atom is -0.490 e. The highest BCUT2D eigenvalue weighted by Crippen LogP contribution is 2.42. The summed E-state index contributed by atoms with van der Waals surface area (Å²) in [5, 5.41) is 5.96. The second kappa shape index (κ2) is 10.7. The van der Waals surface area contributed by atoms with E-state index < -0.39 is 17.8 Å². The molecule has 11 nitrogen and oxygen atoms in total. The van der Waals surface area contributed by atoms with Crippen molar-refractivity contribution in [3.8, 4) is 17.0 Å². The van der Waals surface area contributed by atoms with E-state index >= 15 is 0 Å². The monoisotopic (exact) mass is 605 g/mol. The average molecular weight is 606 g/mol. The number of aromatic nitrogens is 5. The zero-order chi connectivity index (χ0) is 30.6. The van der Waals surface area contributed by atoms with Crippen LogP contribution < -0.4 is 21.1 Å². The van der Waals surface area contributed by atoms with Crippen LogP contribution in [-0.4, -0.2) is 61.1 Å². The van der Waals surface area contributed by atoms with Crippen LogP contribution in [0.5, 0.6) is 5.75 Å². The van der Waals surface area contributed by atoms with Crippen LogP contribution in [0.4, 0.5) is 35.2 Å². The number of carbonyl (C=O) groups is 1. The number of imidazole rings is 1. The number of urea groups is 1. The molecule has 2 fully saturated rings. The number of nitrogen functional groups attached to an aromatic ring is 1. The number of nitrogens with zero attached hydrogens (tertiary/aromatic N) is 6. The molecule has 1 aromatic carbocycles. The second-order valence-electron chi connectivity index (χ2n) is 11.3. The highest BCUT2D eigenvalue weighted by atomic mass is 19.4. The van der Waals surface area contributed by atoms with Crippen molar-refractivity contribution in [3.63, 3.8) is 0 Å². The zero-order valence-electron chi connectivity index (χ0n) is 23.8. The number of nitrogens with two attached hydrogens (primary N) is 1. The van der Waals surface area contributed by atoms with E-state index in [9.17, 15) is 18.0 Å². The molecule has 1 aliphatic heterocycles. The number of amides is 2. The Balaban J connectivity index is 1.13. The van der Waals surface area contributed by atoms with Gasteiger partial charge in [0, 0.05) is 49.0 Å². The zero-order valence-corrected chi connectivity index (χ0v) is 23.8. The fourth-order valence-electron chi connectivity index (χ4n) is 5.76. The van der Waals surface area contributed by atoms with Crippen LogP contribution in [0, 0.1) is 0 Å². The van der Waals surface area contributed by atoms with Crippen LogP contribution in [-0.2, 0) is 6.18 Å². The van der Waals surface area contributed by atoms with Gasteiger partial charge in [0.05, 0.1) is 22.3 Å². The highest BCUT2D eigenvalue weighted by molar-refractivity contribution is 6.03. The predicted molar refractivity (Wildman–Crippen MR) is 160 cm³/mol. The summed E-state index contributed by atoms with van der Waals surface area (Å²) < 4.78 is 51.6. The molecule has 1 saturated carbocycles. The number of carbonyl (C=O) groups excluding carboxylic acids is 1. The first-order chi connectivity index (χ1) is 21.2. The van der Waals surface area contributed by atoms with Crippen molar-refractivity contribution in [2.75, 3.05) is 36.5 Å². The van der Waals surface area contributed by atoms with Gasteiger partial charge in [0.25, 0.3) is 0 Å². The highest BCUT2D eigenvalue weighted by Gasteiger charge is 2.36. The lowest BCUT2D eigenvalue weighted by molar-refractivity contribution is -0.139. The minimum absolute atomic E-state index is 0.0232. The van der Waals surface area contributed by atoms with Gasteiger partial charge in [-0.25, -0.2) is 19.7 Å². The van der Waals surface area contributed by atoms with Crippen molar-refractivity contribution < 1.29 is 22.7 Å². The van der Waals surface area contributed by atoms with Gasteiger partial charge in [0.1, 0.15) is 29.6 Å². The van der Waals surface area contributed by atoms with Gasteiger partial charge in [-0.3, -0.25) is 4.40 Å². The molecule has 4 N–H and O–H groups in total. The Morgan fingerprint density at radius 1 is 1.02 bits per heavy atom. The van der Waals surface area contributed by atoms with Gasteiger partial charge < -0.3 is 30.6 Å². The summed E-state index contributed by atoms with van der Waals surface area (Å²) in [5.41, 5.74) is 8.47. The fourth-order valence-corrected chi connectivity index (χ4v) is 5.76. The number of nitrogens with one attached hydrogen (secondary N) is 2. The van der Waals surface area contributed by atoms with Crippen LogP contribution in [0.25, 0.3) is 27.9 Å². The van der Waals surface area contributed by atoms with Crippen molar-refractivity contribution >= 4 is 39.9 Å². The van der Waals surface area contributed by atoms with E-state index in [1.54, 1.807) is 18.5 Å². The van der Waals surface area contributed by atoms with Gasteiger partial charge >= 0.3 is 12.2 Å². The third-order valence-corrected chi connectivity index (χ3v) is 8.15. The number of alkyl halides is 3. The lowest BCUT2D eigenvalue weighted by Gasteiger charge is -2.30. The molecule has 1 saturated heterocycles. The normalized spacial score (nSPS) is 16.5. The van der Waals surface area contributed by atoms with Crippen molar-refractivity contribution in [2.24, 2.45) is 0 Å². The molecule has 0 bridgehead atoms. The van der Waals surface area contributed by atoms with E-state index in [-0.39, 0.29) is 17.5 Å². The third-order valence-electron chi connectivity index (χ3n) is 8.15. The van der Waals surface area contributed by atoms with Gasteiger partial charge in [-0.05, 0) is 63.1 Å². The maximum absolute atomic E-state index is 14.0. The first-order valence-electron chi connectivity index (χ1n) is 14.4. The number of hydrogen-bond donors (Lipinski definition) is 3. The number of benzene rings is 1. The average Bonchev–Trinajstić information content (AvgIpc) is 3.56. The lowest BCUT2D eigenvalue weighted by Crippen LogP contribution is -2.36. The van der Waals surface area contributed by atoms with Crippen LogP contribution in [0.2, 0.25) is 0 Å². The topological polar surface area (TPSA) is 128 Å². The molecule has 44 heavy (non-hydrogen) atoms. The van der Waals surface area contributed by atoms with Gasteiger partial charge in [-0.1, -0.05) is 0 Å². The first-order valence-corrected chi connectivity index (χ1v) is 14.4. The van der Waals surface area contributed by atoms with E-state index in [4.69, 9.17) is 10.5 Å². The Bertz CT molecular complexity index is 1870. The number of halogens is 3. The first kappa shape index (κ1) is 28.0. The van der Waals surface area contributed by atoms with E-state index in [1.165, 1.54) is 18.5 Å². The summed E-state index contributed by atoms with van der Waals surface area (Å²) in [6, 6.07) is 6.69. The Labute approximate surface area is 249 Å². The van der Waals surface area contributed by atoms with Crippen molar-refractivity contribution in [1.82, 2.24) is 28.8 Å². The van der Waals surface area contributed by atoms with Gasteiger partial charge in [0.15, 0.2) is 5.65 Å². The Morgan fingerprint density at radius 3 is 2.57 bits per heavy atom. The largest absolute Gasteiger partial charge is 0.490 e. The molecule has 7 rings (SSSR count). The molecular formula is C30H30F3N9O2. The number of fused-ring (bicyclic) bond motifs is 2. The molecule has 2 aliphatic rings. The number of hydrogen-bond acceptors (Lipinski definition) is 7. The maximum Gasteiger partial charge on any atom is 0.420 e. The standard InChI is InChI=1S/C30H30F3N9O2/c1-40-11-8-19(9-12-40)44-24-7-2-17(14-21(24)30(31,32)33)38-29(43)39-22-5-6-23(41-13-10-35-27(22)41)20-15-42(18-3-4-18)28-25(20)26(34)36-16-37-28/h2,5-7,10,13-16,18-19H,3-4,8-9,11-12H2,1H3,(H2,34,36,37)(H2,38,39,43). The van der Waals surface area contributed by atoms with E-state index in [1.807, 2.05) is 23.7 Å². The fraction of sp³-hybridized carbons (Fsp3) is 0.333. The van der Waals surface area contributed by atoms with Crippen LogP contribution >= 0.6 is 0 Å². The smallest absolute Gasteiger partial charge is 0.420 e. The number of anilines is 3. The third kappa shape index (κ3) is 5.25. The van der Waals surface area contributed by atoms with Gasteiger partial charge in [-0.15, -0.1) is 0 Å². The molecule has 0 unspecified atom stereocenters. The van der Waals surface area contributed by atoms with Crippen molar-refractivity contribution in [1.29, 1.82) is 0 Å². The molecule has 0 spiro atoms. The summed E-state index contributed by atoms with van der Waals surface area (Å²) in [7, 11) is 1.97. The molecule has 4 aromatic heterocycles. The molecule has 228 valence electrons. The minimum atomic E-state index is -4.66. The van der Waals surface area contributed by atoms with Crippen LogP contribution in [0.3, 0.4) is 0 Å². The van der Waals surface area contributed by atoms with Gasteiger partial charge in [0.2, 0.25) is 0 Å². The molecular weight excluding hydrogens is 575 g/mol. The summed E-state index contributed by atoms with van der Waals surface area (Å²) in [6.45, 7) is 1.51. The van der Waals surface area contributed by atoms with Crippen LogP contribution in [0.15, 0.2) is 55.2 Å². The maximum atomic E-state index is 14.0. The summed E-state index contributed by atoms with van der Waals surface area (Å²) >= 11 is 0. The van der Waals surface area contributed by atoms with Crippen LogP contribution in [0.1, 0.15) is 37.3 Å². The Hall–Kier alpha value is -4.85. The number of piperidine rings is 1. The number of rotatable bonds is 6. The number of likely N-dealkylation sites (tertiary alicyclic amines) is 1. The lowest BCUT2D eigenvalue weighted by atomic mass is 10.1. The second-order valence-corrected chi connectivity index (χ2v) is 11.3. The Morgan fingerprint density at radius 2 is 1.82 bits per heavy atom. The Kier molecular flexibility index (Phi) is 6.80. The van der Waals surface area contributed by atoms with Crippen molar-refractivity contribution in [2.45, 2.75) is 44.0 Å². The summed E-state index contributed by atoms with van der Waals surface area (Å²) in [4.78, 5) is 28.2. The van der Waals surface area contributed by atoms with Gasteiger partial charge in [-0.2, -0.15) is 13.2 Å². The molecule has 2 amide bonds. The molecule has 1 aliphatic carbocycles. The molecule has 0 atom stereocenters. The SMILES string of the molecule is CN1CCC(Oc2ccc(NC(=O)Nc3ccc(-c4cn(C5CC5)c5ncnc(N)c45)n4ccnc34)cc2C(F)(F)F)CC1. The van der Waals surface area contributed by atoms with E-state index in [2.05, 4.69) is 35.1 Å². The summed E-state index contributed by atoms with van der Waals surface area (Å²) in [6.07, 6.45) is 5.25. The predicted octanol–water partition coefficient (Wildman–Crippen LogP) is 5.80. The number of pyridine rings is 1. The van der Waals surface area contributed by atoms with E-state index in [0.717, 1.165) is 54.3 Å². The number of ether oxygens (including phenoxy) is 1. The molecule has 0 radical (unpaired) electrons. The van der Waals surface area contributed by atoms with E-state index in [0.29, 0.717) is 36.0 Å². The molecule has 5 heterocycles. The molecule has 14 heteroatoms.